The molecular formula is C14H20F3NO. The van der Waals surface area contributed by atoms with Gasteiger partial charge in [0.05, 0.1) is 5.56 Å². The van der Waals surface area contributed by atoms with Crippen LogP contribution in [-0.4, -0.2) is 19.8 Å². The van der Waals surface area contributed by atoms with E-state index in [0.717, 1.165) is 19.0 Å². The van der Waals surface area contributed by atoms with Crippen molar-refractivity contribution in [3.8, 4) is 0 Å². The first-order valence-electron chi connectivity index (χ1n) is 6.43. The Kier molecular flexibility index (Phi) is 6.31. The van der Waals surface area contributed by atoms with E-state index in [9.17, 15) is 13.2 Å². The lowest BCUT2D eigenvalue weighted by Crippen LogP contribution is -2.21. The van der Waals surface area contributed by atoms with Crippen LogP contribution < -0.4 is 5.32 Å². The van der Waals surface area contributed by atoms with Crippen molar-refractivity contribution in [1.29, 1.82) is 0 Å². The topological polar surface area (TPSA) is 21.3 Å². The van der Waals surface area contributed by atoms with Gasteiger partial charge in [-0.3, -0.25) is 0 Å². The molecule has 1 aromatic rings. The lowest BCUT2D eigenvalue weighted by Gasteiger charge is -2.16. The van der Waals surface area contributed by atoms with E-state index in [1.165, 1.54) is 12.1 Å². The minimum absolute atomic E-state index is 0.107. The molecule has 0 saturated heterocycles. The van der Waals surface area contributed by atoms with Crippen molar-refractivity contribution in [3.63, 3.8) is 0 Å². The van der Waals surface area contributed by atoms with Crippen molar-refractivity contribution in [2.75, 3.05) is 19.8 Å². The van der Waals surface area contributed by atoms with E-state index in [4.69, 9.17) is 4.74 Å². The Balaban J connectivity index is 2.50. The number of rotatable bonds is 7. The van der Waals surface area contributed by atoms with Crippen LogP contribution in [0, 0.1) is 0 Å². The molecule has 1 N–H and O–H groups in total. The van der Waals surface area contributed by atoms with Crippen LogP contribution in [0.2, 0.25) is 0 Å². The summed E-state index contributed by atoms with van der Waals surface area (Å²) in [7, 11) is 0. The van der Waals surface area contributed by atoms with E-state index >= 15 is 0 Å². The number of benzene rings is 1. The number of hydrogen-bond acceptors (Lipinski definition) is 2. The van der Waals surface area contributed by atoms with Gasteiger partial charge in [0.15, 0.2) is 0 Å². The Hall–Kier alpha value is -1.07. The molecule has 2 nitrogen and oxygen atoms in total. The predicted octanol–water partition coefficient (Wildman–Crippen LogP) is 3.78. The van der Waals surface area contributed by atoms with Crippen molar-refractivity contribution in [2.24, 2.45) is 0 Å². The normalized spacial score (nSPS) is 13.5. The van der Waals surface area contributed by atoms with Gasteiger partial charge in [-0.05, 0) is 44.5 Å². The van der Waals surface area contributed by atoms with Gasteiger partial charge in [0.25, 0.3) is 0 Å². The molecule has 0 radical (unpaired) electrons. The average molecular weight is 275 g/mol. The first-order valence-corrected chi connectivity index (χ1v) is 6.43. The van der Waals surface area contributed by atoms with Crippen molar-refractivity contribution >= 4 is 0 Å². The van der Waals surface area contributed by atoms with E-state index < -0.39 is 11.7 Å². The van der Waals surface area contributed by atoms with Crippen LogP contribution in [0.15, 0.2) is 24.3 Å². The molecule has 1 rings (SSSR count). The first-order chi connectivity index (χ1) is 8.95. The molecule has 0 fully saturated rings. The summed E-state index contributed by atoms with van der Waals surface area (Å²) in [5.41, 5.74) is 0.0409. The molecule has 0 aliphatic carbocycles. The van der Waals surface area contributed by atoms with E-state index in [2.05, 4.69) is 5.32 Å². The van der Waals surface area contributed by atoms with E-state index in [0.29, 0.717) is 18.8 Å². The van der Waals surface area contributed by atoms with Gasteiger partial charge in [0, 0.05) is 19.3 Å². The van der Waals surface area contributed by atoms with Crippen molar-refractivity contribution < 1.29 is 17.9 Å². The Bertz CT molecular complexity index is 379. The van der Waals surface area contributed by atoms with Gasteiger partial charge >= 0.3 is 6.18 Å². The fourth-order valence-corrected chi connectivity index (χ4v) is 1.74. The molecule has 1 aromatic carbocycles. The maximum Gasteiger partial charge on any atom is 0.416 e. The summed E-state index contributed by atoms with van der Waals surface area (Å²) in [4.78, 5) is 0. The van der Waals surface area contributed by atoms with Gasteiger partial charge in [-0.15, -0.1) is 0 Å². The molecule has 5 heteroatoms. The standard InChI is InChI=1S/C14H20F3NO/c1-3-19-9-5-8-18-11(2)12-6-4-7-13(10-12)14(15,16)17/h4,6-7,10-11,18H,3,5,8-9H2,1-2H3. The highest BCUT2D eigenvalue weighted by molar-refractivity contribution is 5.27. The van der Waals surface area contributed by atoms with Crippen LogP contribution in [0.3, 0.4) is 0 Å². The molecule has 1 atom stereocenters. The van der Waals surface area contributed by atoms with Gasteiger partial charge in [-0.25, -0.2) is 0 Å². The number of ether oxygens (including phenoxy) is 1. The molecule has 0 aliphatic rings. The molecule has 0 saturated carbocycles. The summed E-state index contributed by atoms with van der Waals surface area (Å²) in [6.07, 6.45) is -3.44. The molecule has 0 amide bonds. The lowest BCUT2D eigenvalue weighted by atomic mass is 10.0. The maximum absolute atomic E-state index is 12.6. The lowest BCUT2D eigenvalue weighted by molar-refractivity contribution is -0.137. The third-order valence-electron chi connectivity index (χ3n) is 2.83. The average Bonchev–Trinajstić information content (AvgIpc) is 2.37. The Morgan fingerprint density at radius 1 is 1.32 bits per heavy atom. The Labute approximate surface area is 112 Å². The molecule has 0 aromatic heterocycles. The Morgan fingerprint density at radius 2 is 2.05 bits per heavy atom. The highest BCUT2D eigenvalue weighted by Crippen LogP contribution is 2.30. The third-order valence-corrected chi connectivity index (χ3v) is 2.83. The summed E-state index contributed by atoms with van der Waals surface area (Å²) in [6, 6.07) is 5.32. The quantitative estimate of drug-likeness (QED) is 0.765. The zero-order chi connectivity index (χ0) is 14.3. The SMILES string of the molecule is CCOCCCNC(C)c1cccc(C(F)(F)F)c1. The van der Waals surface area contributed by atoms with Crippen molar-refractivity contribution in [2.45, 2.75) is 32.5 Å². The smallest absolute Gasteiger partial charge is 0.382 e. The van der Waals surface area contributed by atoms with Crippen LogP contribution in [0.4, 0.5) is 13.2 Å². The summed E-state index contributed by atoms with van der Waals surface area (Å²) in [5, 5.41) is 3.19. The zero-order valence-corrected chi connectivity index (χ0v) is 11.3. The largest absolute Gasteiger partial charge is 0.416 e. The zero-order valence-electron chi connectivity index (χ0n) is 11.3. The first kappa shape index (κ1) is 16.0. The highest BCUT2D eigenvalue weighted by Gasteiger charge is 2.30. The second-order valence-corrected chi connectivity index (χ2v) is 4.35. The monoisotopic (exact) mass is 275 g/mol. The fraction of sp³-hybridized carbons (Fsp3) is 0.571. The summed E-state index contributed by atoms with van der Waals surface area (Å²) in [5.74, 6) is 0. The number of alkyl halides is 3. The fourth-order valence-electron chi connectivity index (χ4n) is 1.74. The summed E-state index contributed by atoms with van der Waals surface area (Å²) >= 11 is 0. The van der Waals surface area contributed by atoms with Crippen LogP contribution in [0.5, 0.6) is 0 Å². The molecule has 19 heavy (non-hydrogen) atoms. The second-order valence-electron chi connectivity index (χ2n) is 4.35. The molecule has 0 bridgehead atoms. The van der Waals surface area contributed by atoms with E-state index in [1.54, 1.807) is 6.07 Å². The van der Waals surface area contributed by atoms with Gasteiger partial charge in [-0.1, -0.05) is 12.1 Å². The van der Waals surface area contributed by atoms with Gasteiger partial charge < -0.3 is 10.1 Å². The summed E-state index contributed by atoms with van der Waals surface area (Å²) in [6.45, 7) is 5.86. The van der Waals surface area contributed by atoms with Crippen LogP contribution >= 0.6 is 0 Å². The van der Waals surface area contributed by atoms with Crippen LogP contribution in [0.25, 0.3) is 0 Å². The summed E-state index contributed by atoms with van der Waals surface area (Å²) < 4.78 is 43.0. The molecule has 0 aliphatic heterocycles. The van der Waals surface area contributed by atoms with E-state index in [1.807, 2.05) is 13.8 Å². The number of nitrogens with one attached hydrogen (secondary N) is 1. The third kappa shape index (κ3) is 5.61. The number of hydrogen-bond donors (Lipinski definition) is 1. The van der Waals surface area contributed by atoms with Crippen molar-refractivity contribution in [3.05, 3.63) is 35.4 Å². The Morgan fingerprint density at radius 3 is 2.68 bits per heavy atom. The molecule has 0 spiro atoms. The van der Waals surface area contributed by atoms with E-state index in [-0.39, 0.29) is 6.04 Å². The van der Waals surface area contributed by atoms with Crippen LogP contribution in [0.1, 0.15) is 37.4 Å². The van der Waals surface area contributed by atoms with Gasteiger partial charge in [-0.2, -0.15) is 13.2 Å². The minimum Gasteiger partial charge on any atom is -0.382 e. The van der Waals surface area contributed by atoms with Gasteiger partial charge in [0.2, 0.25) is 0 Å². The van der Waals surface area contributed by atoms with Crippen molar-refractivity contribution in [1.82, 2.24) is 5.32 Å². The van der Waals surface area contributed by atoms with Crippen LogP contribution in [-0.2, 0) is 10.9 Å². The minimum atomic E-state index is -4.29. The maximum atomic E-state index is 12.6. The molecular weight excluding hydrogens is 255 g/mol. The second kappa shape index (κ2) is 7.50. The number of halogens is 3. The molecule has 0 heterocycles. The molecule has 108 valence electrons. The van der Waals surface area contributed by atoms with Gasteiger partial charge in [0.1, 0.15) is 0 Å². The molecule has 1 unspecified atom stereocenters. The predicted molar refractivity (Wildman–Crippen MR) is 69.0 cm³/mol. The highest BCUT2D eigenvalue weighted by atomic mass is 19.4.